The van der Waals surface area contributed by atoms with Crippen molar-refractivity contribution < 1.29 is 9.53 Å². The smallest absolute Gasteiger partial charge is 0.229 e. The summed E-state index contributed by atoms with van der Waals surface area (Å²) in [6, 6.07) is 9.45. The van der Waals surface area contributed by atoms with Crippen molar-refractivity contribution in [3.63, 3.8) is 0 Å². The zero-order valence-electron chi connectivity index (χ0n) is 9.93. The molecule has 3 heteroatoms. The molecule has 18 heavy (non-hydrogen) atoms. The molecule has 3 rings (SSSR count). The largest absolute Gasteiger partial charge is 0.490 e. The molecule has 0 amide bonds. The summed E-state index contributed by atoms with van der Waals surface area (Å²) in [7, 11) is 0. The van der Waals surface area contributed by atoms with Gasteiger partial charge < -0.3 is 4.74 Å². The first-order valence-electron chi connectivity index (χ1n) is 6.08. The summed E-state index contributed by atoms with van der Waals surface area (Å²) in [6.45, 7) is 0.621. The fourth-order valence-electron chi connectivity index (χ4n) is 2.14. The molecule has 0 spiro atoms. The normalized spacial score (nSPS) is 15.0. The summed E-state index contributed by atoms with van der Waals surface area (Å²) in [5, 5.41) is 0.972. The number of carbonyl (C=O) groups is 1. The van der Waals surface area contributed by atoms with Crippen LogP contribution in [-0.4, -0.2) is 17.4 Å². The average Bonchev–Trinajstić information content (AvgIpc) is 2.47. The Balaban J connectivity index is 2.09. The van der Waals surface area contributed by atoms with Gasteiger partial charge in [0, 0.05) is 11.6 Å². The minimum absolute atomic E-state index is 0.0704. The standard InChI is InChI=1S/C15H13NO2/c17-15(13-8-1-2-10-18-13)12-7-3-5-11-6-4-9-16-14(11)12/h3-9H,1-2,10H2. The average molecular weight is 239 g/mol. The lowest BCUT2D eigenvalue weighted by Crippen LogP contribution is -2.12. The molecule has 0 radical (unpaired) electrons. The van der Waals surface area contributed by atoms with E-state index in [0.29, 0.717) is 17.9 Å². The Morgan fingerprint density at radius 2 is 2.11 bits per heavy atom. The minimum atomic E-state index is -0.0704. The van der Waals surface area contributed by atoms with Gasteiger partial charge in [-0.05, 0) is 31.1 Å². The van der Waals surface area contributed by atoms with Crippen LogP contribution in [-0.2, 0) is 4.74 Å². The highest BCUT2D eigenvalue weighted by Crippen LogP contribution is 2.21. The number of ether oxygens (including phenoxy) is 1. The minimum Gasteiger partial charge on any atom is -0.490 e. The Hall–Kier alpha value is -2.16. The van der Waals surface area contributed by atoms with Crippen LogP contribution in [0.4, 0.5) is 0 Å². The molecular weight excluding hydrogens is 226 g/mol. The zero-order chi connectivity index (χ0) is 12.4. The van der Waals surface area contributed by atoms with Crippen molar-refractivity contribution in [2.24, 2.45) is 0 Å². The number of fused-ring (bicyclic) bond motifs is 1. The van der Waals surface area contributed by atoms with Crippen LogP contribution < -0.4 is 0 Å². The molecule has 3 nitrogen and oxygen atoms in total. The molecule has 1 aliphatic rings. The van der Waals surface area contributed by atoms with Crippen molar-refractivity contribution in [1.29, 1.82) is 0 Å². The molecule has 0 aliphatic carbocycles. The topological polar surface area (TPSA) is 39.2 Å². The van der Waals surface area contributed by atoms with Crippen LogP contribution in [0.25, 0.3) is 10.9 Å². The molecule has 2 aromatic rings. The molecule has 0 saturated heterocycles. The van der Waals surface area contributed by atoms with E-state index in [1.54, 1.807) is 12.3 Å². The number of benzene rings is 1. The van der Waals surface area contributed by atoms with E-state index in [1.165, 1.54) is 0 Å². The van der Waals surface area contributed by atoms with Gasteiger partial charge in [0.05, 0.1) is 17.7 Å². The third-order valence-electron chi connectivity index (χ3n) is 3.04. The third-order valence-corrected chi connectivity index (χ3v) is 3.04. The van der Waals surface area contributed by atoms with Gasteiger partial charge in [-0.1, -0.05) is 18.2 Å². The lowest BCUT2D eigenvalue weighted by Gasteiger charge is -2.14. The van der Waals surface area contributed by atoms with E-state index >= 15 is 0 Å². The molecule has 2 heterocycles. The second kappa shape index (κ2) is 4.61. The number of pyridine rings is 1. The lowest BCUT2D eigenvalue weighted by atomic mass is 10.0. The SMILES string of the molecule is O=C(C1=CCCCO1)c1cccc2cccnc12. The number of aromatic nitrogens is 1. The highest BCUT2D eigenvalue weighted by molar-refractivity contribution is 6.14. The number of para-hydroxylation sites is 1. The molecule has 0 fully saturated rings. The predicted octanol–water partition coefficient (Wildman–Crippen LogP) is 3.11. The maximum Gasteiger partial charge on any atom is 0.229 e. The maximum atomic E-state index is 12.4. The van der Waals surface area contributed by atoms with Crippen LogP contribution in [0.5, 0.6) is 0 Å². The fraction of sp³-hybridized carbons (Fsp3) is 0.200. The molecule has 1 aromatic heterocycles. The molecular formula is C15H13NO2. The van der Waals surface area contributed by atoms with Crippen molar-refractivity contribution >= 4 is 16.7 Å². The third kappa shape index (κ3) is 1.88. The predicted molar refractivity (Wildman–Crippen MR) is 69.3 cm³/mol. The first kappa shape index (κ1) is 11.0. The van der Waals surface area contributed by atoms with E-state index in [1.807, 2.05) is 30.3 Å². The van der Waals surface area contributed by atoms with Crippen molar-refractivity contribution in [3.05, 3.63) is 53.9 Å². The van der Waals surface area contributed by atoms with Crippen LogP contribution in [0.3, 0.4) is 0 Å². The molecule has 0 saturated carbocycles. The Morgan fingerprint density at radius 3 is 2.94 bits per heavy atom. The second-order valence-electron chi connectivity index (χ2n) is 4.27. The first-order chi connectivity index (χ1) is 8.86. The maximum absolute atomic E-state index is 12.4. The van der Waals surface area contributed by atoms with Crippen LogP contribution in [0.1, 0.15) is 23.2 Å². The van der Waals surface area contributed by atoms with Crippen LogP contribution in [0.2, 0.25) is 0 Å². The molecule has 90 valence electrons. The Labute approximate surface area is 105 Å². The Kier molecular flexibility index (Phi) is 2.81. The fourth-order valence-corrected chi connectivity index (χ4v) is 2.14. The Morgan fingerprint density at radius 1 is 1.22 bits per heavy atom. The van der Waals surface area contributed by atoms with Crippen LogP contribution >= 0.6 is 0 Å². The van der Waals surface area contributed by atoms with Crippen molar-refractivity contribution in [1.82, 2.24) is 4.98 Å². The number of allylic oxidation sites excluding steroid dienone is 2. The van der Waals surface area contributed by atoms with E-state index in [-0.39, 0.29) is 5.78 Å². The Bertz CT molecular complexity index is 626. The molecule has 1 aromatic carbocycles. The molecule has 0 unspecified atom stereocenters. The summed E-state index contributed by atoms with van der Waals surface area (Å²) >= 11 is 0. The van der Waals surface area contributed by atoms with Gasteiger partial charge in [0.15, 0.2) is 5.76 Å². The quantitative estimate of drug-likeness (QED) is 0.756. The number of hydrogen-bond acceptors (Lipinski definition) is 3. The van der Waals surface area contributed by atoms with E-state index < -0.39 is 0 Å². The summed E-state index contributed by atoms with van der Waals surface area (Å²) < 4.78 is 5.43. The van der Waals surface area contributed by atoms with E-state index in [4.69, 9.17) is 4.74 Å². The molecule has 0 atom stereocenters. The summed E-state index contributed by atoms with van der Waals surface area (Å²) in [4.78, 5) is 16.7. The molecule has 1 aliphatic heterocycles. The number of Topliss-reactive ketones (excluding diaryl/α,β-unsaturated/α-hetero) is 1. The van der Waals surface area contributed by atoms with Gasteiger partial charge in [0.25, 0.3) is 0 Å². The van der Waals surface area contributed by atoms with Gasteiger partial charge in [0.2, 0.25) is 5.78 Å². The first-order valence-corrected chi connectivity index (χ1v) is 6.08. The van der Waals surface area contributed by atoms with Crippen molar-refractivity contribution in [3.8, 4) is 0 Å². The van der Waals surface area contributed by atoms with Crippen molar-refractivity contribution in [2.75, 3.05) is 6.61 Å². The zero-order valence-corrected chi connectivity index (χ0v) is 9.93. The number of hydrogen-bond donors (Lipinski definition) is 0. The van der Waals surface area contributed by atoms with E-state index in [2.05, 4.69) is 4.98 Å². The van der Waals surface area contributed by atoms with Gasteiger partial charge in [-0.15, -0.1) is 0 Å². The number of carbonyl (C=O) groups excluding carboxylic acids is 1. The number of nitrogens with zero attached hydrogens (tertiary/aromatic N) is 1. The van der Waals surface area contributed by atoms with Crippen LogP contribution in [0.15, 0.2) is 48.4 Å². The number of ketones is 1. The van der Waals surface area contributed by atoms with E-state index in [0.717, 1.165) is 23.7 Å². The summed E-state index contributed by atoms with van der Waals surface area (Å²) in [5.41, 5.74) is 1.35. The number of rotatable bonds is 2. The summed E-state index contributed by atoms with van der Waals surface area (Å²) in [5.74, 6) is 0.387. The monoisotopic (exact) mass is 239 g/mol. The second-order valence-corrected chi connectivity index (χ2v) is 4.27. The van der Waals surface area contributed by atoms with Gasteiger partial charge in [-0.3, -0.25) is 9.78 Å². The molecule has 0 bridgehead atoms. The van der Waals surface area contributed by atoms with Gasteiger partial charge in [0.1, 0.15) is 0 Å². The summed E-state index contributed by atoms with van der Waals surface area (Å²) in [6.07, 6.45) is 5.45. The lowest BCUT2D eigenvalue weighted by molar-refractivity contribution is 0.0900. The van der Waals surface area contributed by atoms with Gasteiger partial charge in [-0.25, -0.2) is 0 Å². The van der Waals surface area contributed by atoms with E-state index in [9.17, 15) is 4.79 Å². The van der Waals surface area contributed by atoms with Gasteiger partial charge >= 0.3 is 0 Å². The van der Waals surface area contributed by atoms with Crippen molar-refractivity contribution in [2.45, 2.75) is 12.8 Å². The highest BCUT2D eigenvalue weighted by atomic mass is 16.5. The van der Waals surface area contributed by atoms with Crippen LogP contribution in [0, 0.1) is 0 Å². The highest BCUT2D eigenvalue weighted by Gasteiger charge is 2.18. The van der Waals surface area contributed by atoms with Gasteiger partial charge in [-0.2, -0.15) is 0 Å². The molecule has 0 N–H and O–H groups in total.